The number of nitrogens with one attached hydrogen (secondary N) is 1. The van der Waals surface area contributed by atoms with Crippen molar-refractivity contribution in [3.05, 3.63) is 65.7 Å². The van der Waals surface area contributed by atoms with Crippen LogP contribution in [0.2, 0.25) is 0 Å². The first-order chi connectivity index (χ1) is 10.7. The molecule has 22 heavy (non-hydrogen) atoms. The van der Waals surface area contributed by atoms with Gasteiger partial charge in [0.15, 0.2) is 0 Å². The molecule has 2 aromatic rings. The molecule has 1 N–H and O–H groups in total. The van der Waals surface area contributed by atoms with Gasteiger partial charge in [-0.25, -0.2) is 0 Å². The smallest absolute Gasteiger partial charge is 0.220 e. The summed E-state index contributed by atoms with van der Waals surface area (Å²) in [7, 11) is 0. The Morgan fingerprint density at radius 1 is 1.05 bits per heavy atom. The zero-order valence-corrected chi connectivity index (χ0v) is 13.9. The van der Waals surface area contributed by atoms with E-state index in [2.05, 4.69) is 48.6 Å². The van der Waals surface area contributed by atoms with Crippen LogP contribution in [-0.2, 0) is 11.2 Å². The molecule has 2 aromatic carbocycles. The summed E-state index contributed by atoms with van der Waals surface area (Å²) >= 11 is 1.73. The van der Waals surface area contributed by atoms with Crippen LogP contribution in [0.4, 0.5) is 0 Å². The van der Waals surface area contributed by atoms with Gasteiger partial charge in [0, 0.05) is 23.6 Å². The molecule has 0 heterocycles. The summed E-state index contributed by atoms with van der Waals surface area (Å²) in [6.45, 7) is 2.85. The van der Waals surface area contributed by atoms with Gasteiger partial charge in [0.2, 0.25) is 5.91 Å². The molecule has 0 bridgehead atoms. The highest BCUT2D eigenvalue weighted by atomic mass is 32.2. The lowest BCUT2D eigenvalue weighted by molar-refractivity contribution is -0.120. The van der Waals surface area contributed by atoms with Crippen molar-refractivity contribution < 1.29 is 4.79 Å². The van der Waals surface area contributed by atoms with Crippen LogP contribution >= 0.6 is 11.8 Å². The second-order valence-corrected chi connectivity index (χ2v) is 6.52. The van der Waals surface area contributed by atoms with Crippen molar-refractivity contribution in [2.45, 2.75) is 31.1 Å². The number of thioether (sulfide) groups is 1. The molecular formula is C19H23NOS. The highest BCUT2D eigenvalue weighted by Gasteiger charge is 2.01. The lowest BCUT2D eigenvalue weighted by atomic mass is 10.1. The first kappa shape index (κ1) is 16.6. The number of hydrogen-bond acceptors (Lipinski definition) is 2. The highest BCUT2D eigenvalue weighted by molar-refractivity contribution is 7.99. The van der Waals surface area contributed by atoms with Gasteiger partial charge in [-0.05, 0) is 37.5 Å². The molecule has 0 spiro atoms. The first-order valence-electron chi connectivity index (χ1n) is 7.74. The minimum Gasteiger partial charge on any atom is -0.356 e. The quantitative estimate of drug-likeness (QED) is 0.584. The van der Waals surface area contributed by atoms with Gasteiger partial charge in [0.05, 0.1) is 0 Å². The summed E-state index contributed by atoms with van der Waals surface area (Å²) in [5, 5.41) is 3.00. The third-order valence-corrected chi connectivity index (χ3v) is 4.44. The first-order valence-corrected chi connectivity index (χ1v) is 8.73. The van der Waals surface area contributed by atoms with E-state index < -0.39 is 0 Å². The maximum atomic E-state index is 11.8. The largest absolute Gasteiger partial charge is 0.356 e. The topological polar surface area (TPSA) is 29.1 Å². The molecule has 116 valence electrons. The van der Waals surface area contributed by atoms with E-state index in [0.717, 1.165) is 25.1 Å². The maximum Gasteiger partial charge on any atom is 0.220 e. The van der Waals surface area contributed by atoms with E-state index in [1.807, 2.05) is 18.2 Å². The standard InChI is InChI=1S/C19H23NOS/c1-16-9-11-17(12-10-16)6-5-14-20-19(21)13-15-22-18-7-3-2-4-8-18/h2-4,7-12H,5-6,13-15H2,1H3,(H,20,21). The van der Waals surface area contributed by atoms with E-state index in [1.54, 1.807) is 11.8 Å². The van der Waals surface area contributed by atoms with Gasteiger partial charge in [-0.2, -0.15) is 0 Å². The molecule has 0 radical (unpaired) electrons. The van der Waals surface area contributed by atoms with Crippen molar-refractivity contribution in [3.63, 3.8) is 0 Å². The van der Waals surface area contributed by atoms with Gasteiger partial charge in [-0.3, -0.25) is 4.79 Å². The second kappa shape index (κ2) is 9.31. The summed E-state index contributed by atoms with van der Waals surface area (Å²) in [6, 6.07) is 18.8. The predicted molar refractivity (Wildman–Crippen MR) is 94.3 cm³/mol. The Morgan fingerprint density at radius 3 is 2.50 bits per heavy atom. The van der Waals surface area contributed by atoms with Crippen LogP contribution < -0.4 is 5.32 Å². The van der Waals surface area contributed by atoms with Crippen LogP contribution in [0.25, 0.3) is 0 Å². The van der Waals surface area contributed by atoms with Crippen molar-refractivity contribution in [2.24, 2.45) is 0 Å². The van der Waals surface area contributed by atoms with E-state index in [9.17, 15) is 4.79 Å². The van der Waals surface area contributed by atoms with Crippen LogP contribution in [-0.4, -0.2) is 18.2 Å². The Morgan fingerprint density at radius 2 is 1.77 bits per heavy atom. The number of carbonyl (C=O) groups is 1. The van der Waals surface area contributed by atoms with Crippen molar-refractivity contribution in [2.75, 3.05) is 12.3 Å². The average molecular weight is 313 g/mol. The molecule has 0 aliphatic carbocycles. The van der Waals surface area contributed by atoms with Crippen molar-refractivity contribution in [1.82, 2.24) is 5.32 Å². The molecule has 1 amide bonds. The summed E-state index contributed by atoms with van der Waals surface area (Å²) in [4.78, 5) is 13.0. The molecule has 0 unspecified atom stereocenters. The van der Waals surface area contributed by atoms with Gasteiger partial charge in [-0.15, -0.1) is 11.8 Å². The SMILES string of the molecule is Cc1ccc(CCCNC(=O)CCSc2ccccc2)cc1. The van der Waals surface area contributed by atoms with Gasteiger partial charge in [-0.1, -0.05) is 48.0 Å². The van der Waals surface area contributed by atoms with Crippen molar-refractivity contribution in [3.8, 4) is 0 Å². The third kappa shape index (κ3) is 6.35. The molecule has 0 aliphatic rings. The predicted octanol–water partition coefficient (Wildman–Crippen LogP) is 4.23. The Hall–Kier alpha value is -1.74. The molecular weight excluding hydrogens is 290 g/mol. The number of hydrogen-bond donors (Lipinski definition) is 1. The van der Waals surface area contributed by atoms with Gasteiger partial charge in [0.25, 0.3) is 0 Å². The number of amides is 1. The Bertz CT molecular complexity index is 566. The third-order valence-electron chi connectivity index (χ3n) is 3.43. The Balaban J connectivity index is 1.55. The summed E-state index contributed by atoms with van der Waals surface area (Å²) in [5.41, 5.74) is 2.62. The van der Waals surface area contributed by atoms with E-state index >= 15 is 0 Å². The van der Waals surface area contributed by atoms with Crippen molar-refractivity contribution >= 4 is 17.7 Å². The molecule has 2 nitrogen and oxygen atoms in total. The van der Waals surface area contributed by atoms with Gasteiger partial charge in [0.1, 0.15) is 0 Å². The van der Waals surface area contributed by atoms with Gasteiger partial charge >= 0.3 is 0 Å². The average Bonchev–Trinajstić information content (AvgIpc) is 2.54. The summed E-state index contributed by atoms with van der Waals surface area (Å²) in [5.74, 6) is 0.973. The summed E-state index contributed by atoms with van der Waals surface area (Å²) < 4.78 is 0. The number of aryl methyl sites for hydroxylation is 2. The normalized spacial score (nSPS) is 10.4. The summed E-state index contributed by atoms with van der Waals surface area (Å²) in [6.07, 6.45) is 2.57. The number of benzene rings is 2. The van der Waals surface area contributed by atoms with Crippen molar-refractivity contribution in [1.29, 1.82) is 0 Å². The number of carbonyl (C=O) groups excluding carboxylic acids is 1. The Kier molecular flexibility index (Phi) is 7.04. The lowest BCUT2D eigenvalue weighted by Gasteiger charge is -2.06. The van der Waals surface area contributed by atoms with Crippen LogP contribution in [0.1, 0.15) is 24.0 Å². The molecule has 0 fully saturated rings. The minimum absolute atomic E-state index is 0.146. The highest BCUT2D eigenvalue weighted by Crippen LogP contribution is 2.17. The van der Waals surface area contributed by atoms with E-state index in [1.165, 1.54) is 16.0 Å². The fourth-order valence-electron chi connectivity index (χ4n) is 2.14. The Labute approximate surface area is 137 Å². The van der Waals surface area contributed by atoms with Crippen LogP contribution in [0, 0.1) is 6.92 Å². The molecule has 3 heteroatoms. The zero-order valence-electron chi connectivity index (χ0n) is 13.0. The minimum atomic E-state index is 0.146. The number of rotatable bonds is 8. The van der Waals surface area contributed by atoms with Crippen LogP contribution in [0.15, 0.2) is 59.5 Å². The molecule has 2 rings (SSSR count). The molecule has 0 atom stereocenters. The van der Waals surface area contributed by atoms with Crippen LogP contribution in [0.5, 0.6) is 0 Å². The fourth-order valence-corrected chi connectivity index (χ4v) is 3.01. The molecule has 0 aromatic heterocycles. The zero-order chi connectivity index (χ0) is 15.6. The molecule has 0 saturated heterocycles. The van der Waals surface area contributed by atoms with E-state index in [-0.39, 0.29) is 5.91 Å². The fraction of sp³-hybridized carbons (Fsp3) is 0.316. The maximum absolute atomic E-state index is 11.8. The lowest BCUT2D eigenvalue weighted by Crippen LogP contribution is -2.24. The van der Waals surface area contributed by atoms with Gasteiger partial charge < -0.3 is 5.32 Å². The van der Waals surface area contributed by atoms with Crippen LogP contribution in [0.3, 0.4) is 0 Å². The monoisotopic (exact) mass is 313 g/mol. The molecule has 0 aliphatic heterocycles. The van der Waals surface area contributed by atoms with E-state index in [0.29, 0.717) is 6.42 Å². The van der Waals surface area contributed by atoms with E-state index in [4.69, 9.17) is 0 Å². The second-order valence-electron chi connectivity index (χ2n) is 5.35. The molecule has 0 saturated carbocycles.